The van der Waals surface area contributed by atoms with E-state index >= 15 is 0 Å². The Bertz CT molecular complexity index is 552. The molecular formula is C16H26F3N5O. The summed E-state index contributed by atoms with van der Waals surface area (Å²) >= 11 is 0. The lowest BCUT2D eigenvalue weighted by molar-refractivity contribution is -0.142. The number of carbonyl (C=O) groups excluding carboxylic acids is 1. The van der Waals surface area contributed by atoms with E-state index in [1.54, 1.807) is 0 Å². The molecule has 1 aromatic rings. The third-order valence-corrected chi connectivity index (χ3v) is 4.33. The molecule has 0 saturated carbocycles. The Labute approximate surface area is 146 Å². The van der Waals surface area contributed by atoms with Crippen LogP contribution in [0.15, 0.2) is 12.4 Å². The first-order valence-electron chi connectivity index (χ1n) is 8.59. The summed E-state index contributed by atoms with van der Waals surface area (Å²) in [5, 5.41) is 6.36. The zero-order valence-corrected chi connectivity index (χ0v) is 14.7. The molecule has 1 amide bonds. The maximum Gasteiger partial charge on any atom is 0.408 e. The average molecular weight is 361 g/mol. The van der Waals surface area contributed by atoms with Crippen LogP contribution in [0, 0.1) is 5.92 Å². The van der Waals surface area contributed by atoms with Crippen LogP contribution in [0.4, 0.5) is 13.2 Å². The molecule has 0 spiro atoms. The summed E-state index contributed by atoms with van der Waals surface area (Å²) in [6, 6.07) is 0. The molecule has 0 aliphatic carbocycles. The summed E-state index contributed by atoms with van der Waals surface area (Å²) in [6.45, 7) is 9.64. The molecule has 1 aliphatic heterocycles. The van der Waals surface area contributed by atoms with Crippen molar-refractivity contribution in [3.05, 3.63) is 18.0 Å². The number of carbonyl (C=O) groups is 1. The summed E-state index contributed by atoms with van der Waals surface area (Å²) in [4.78, 5) is 16.8. The van der Waals surface area contributed by atoms with Crippen LogP contribution < -0.4 is 5.32 Å². The number of nitrogens with zero attached hydrogens (tertiary/aromatic N) is 4. The first-order valence-corrected chi connectivity index (χ1v) is 8.59. The SMILES string of the molecule is CCN1CCN(C[C@H](C)CNC(=O)c2cnn(CC(F)(F)F)c2)CC1. The van der Waals surface area contributed by atoms with E-state index in [1.807, 2.05) is 0 Å². The van der Waals surface area contributed by atoms with Crippen molar-refractivity contribution in [1.82, 2.24) is 24.9 Å². The highest BCUT2D eigenvalue weighted by Crippen LogP contribution is 2.17. The Morgan fingerprint density at radius 3 is 2.52 bits per heavy atom. The molecular weight excluding hydrogens is 335 g/mol. The van der Waals surface area contributed by atoms with Crippen LogP contribution in [0.2, 0.25) is 0 Å². The second-order valence-corrected chi connectivity index (χ2v) is 6.59. The summed E-state index contributed by atoms with van der Waals surface area (Å²) in [5.41, 5.74) is 0.146. The molecule has 1 saturated heterocycles. The molecule has 0 radical (unpaired) electrons. The van der Waals surface area contributed by atoms with Gasteiger partial charge in [-0.2, -0.15) is 18.3 Å². The smallest absolute Gasteiger partial charge is 0.352 e. The zero-order chi connectivity index (χ0) is 18.4. The van der Waals surface area contributed by atoms with E-state index in [0.29, 0.717) is 6.54 Å². The van der Waals surface area contributed by atoms with Crippen molar-refractivity contribution in [2.45, 2.75) is 26.6 Å². The van der Waals surface area contributed by atoms with E-state index in [9.17, 15) is 18.0 Å². The largest absolute Gasteiger partial charge is 0.408 e. The molecule has 6 nitrogen and oxygen atoms in total. The van der Waals surface area contributed by atoms with Gasteiger partial charge in [0.25, 0.3) is 5.91 Å². The minimum absolute atomic E-state index is 0.146. The van der Waals surface area contributed by atoms with Crippen molar-refractivity contribution in [1.29, 1.82) is 0 Å². The Morgan fingerprint density at radius 2 is 1.92 bits per heavy atom. The lowest BCUT2D eigenvalue weighted by Crippen LogP contribution is -2.48. The molecule has 1 fully saturated rings. The highest BCUT2D eigenvalue weighted by atomic mass is 19.4. The van der Waals surface area contributed by atoms with Gasteiger partial charge in [-0.05, 0) is 12.5 Å². The van der Waals surface area contributed by atoms with Crippen molar-refractivity contribution in [3.8, 4) is 0 Å². The Morgan fingerprint density at radius 1 is 1.28 bits per heavy atom. The van der Waals surface area contributed by atoms with Crippen molar-refractivity contribution in [2.24, 2.45) is 5.92 Å². The van der Waals surface area contributed by atoms with Gasteiger partial charge in [0.15, 0.2) is 0 Å². The van der Waals surface area contributed by atoms with Crippen LogP contribution in [0.3, 0.4) is 0 Å². The number of likely N-dealkylation sites (N-methyl/N-ethyl adjacent to an activating group) is 1. The quantitative estimate of drug-likeness (QED) is 0.799. The van der Waals surface area contributed by atoms with Crippen LogP contribution >= 0.6 is 0 Å². The second-order valence-electron chi connectivity index (χ2n) is 6.59. The molecule has 2 rings (SSSR count). The standard InChI is InChI=1S/C16H26F3N5O/c1-3-22-4-6-23(7-5-22)10-13(2)8-20-15(25)14-9-21-24(11-14)12-16(17,18)19/h9,11,13H,3-8,10,12H2,1-2H3,(H,20,25)/t13-/m1/s1. The third kappa shape index (κ3) is 6.66. The second kappa shape index (κ2) is 8.66. The van der Waals surface area contributed by atoms with E-state index in [0.717, 1.165) is 56.3 Å². The van der Waals surface area contributed by atoms with Crippen LogP contribution in [0.25, 0.3) is 0 Å². The summed E-state index contributed by atoms with van der Waals surface area (Å²) in [6.07, 6.45) is -2.07. The zero-order valence-electron chi connectivity index (χ0n) is 14.7. The maximum absolute atomic E-state index is 12.3. The van der Waals surface area contributed by atoms with Gasteiger partial charge in [0.1, 0.15) is 6.54 Å². The predicted octanol–water partition coefficient (Wildman–Crippen LogP) is 1.45. The van der Waals surface area contributed by atoms with Gasteiger partial charge in [0, 0.05) is 45.5 Å². The van der Waals surface area contributed by atoms with Crippen LogP contribution in [0.1, 0.15) is 24.2 Å². The van der Waals surface area contributed by atoms with E-state index < -0.39 is 18.6 Å². The van der Waals surface area contributed by atoms with Crippen LogP contribution in [-0.2, 0) is 6.54 Å². The van der Waals surface area contributed by atoms with Gasteiger partial charge < -0.3 is 15.1 Å². The topological polar surface area (TPSA) is 53.4 Å². The number of amides is 1. The molecule has 1 aromatic heterocycles. The fourth-order valence-electron chi connectivity index (χ4n) is 2.91. The summed E-state index contributed by atoms with van der Waals surface area (Å²) in [7, 11) is 0. The monoisotopic (exact) mass is 361 g/mol. The van der Waals surface area contributed by atoms with E-state index in [2.05, 4.69) is 34.1 Å². The first kappa shape index (κ1) is 19.7. The number of halogens is 3. The number of alkyl halides is 3. The van der Waals surface area contributed by atoms with Gasteiger partial charge in [-0.15, -0.1) is 0 Å². The molecule has 0 bridgehead atoms. The number of nitrogens with one attached hydrogen (secondary N) is 1. The van der Waals surface area contributed by atoms with Crippen molar-refractivity contribution in [3.63, 3.8) is 0 Å². The van der Waals surface area contributed by atoms with Gasteiger partial charge in [-0.3, -0.25) is 9.48 Å². The summed E-state index contributed by atoms with van der Waals surface area (Å²) < 4.78 is 37.6. The highest BCUT2D eigenvalue weighted by molar-refractivity contribution is 5.93. The third-order valence-electron chi connectivity index (χ3n) is 4.33. The number of hydrogen-bond acceptors (Lipinski definition) is 4. The number of hydrogen-bond donors (Lipinski definition) is 1. The Balaban J connectivity index is 1.72. The van der Waals surface area contributed by atoms with Crippen molar-refractivity contribution < 1.29 is 18.0 Å². The normalized spacial score (nSPS) is 18.3. The fraction of sp³-hybridized carbons (Fsp3) is 0.750. The van der Waals surface area contributed by atoms with Gasteiger partial charge in [-0.25, -0.2) is 0 Å². The number of rotatable bonds is 7. The van der Waals surface area contributed by atoms with Crippen molar-refractivity contribution >= 4 is 5.91 Å². The minimum atomic E-state index is -4.35. The van der Waals surface area contributed by atoms with Crippen LogP contribution in [-0.4, -0.2) is 77.5 Å². The number of aromatic nitrogens is 2. The predicted molar refractivity (Wildman–Crippen MR) is 88.3 cm³/mol. The molecule has 1 atom stereocenters. The fourth-order valence-corrected chi connectivity index (χ4v) is 2.91. The van der Waals surface area contributed by atoms with Gasteiger partial charge in [0.05, 0.1) is 11.8 Å². The summed E-state index contributed by atoms with van der Waals surface area (Å²) in [5.74, 6) is -0.126. The molecule has 2 heterocycles. The average Bonchev–Trinajstić information content (AvgIpc) is 3.00. The molecule has 0 unspecified atom stereocenters. The Kier molecular flexibility index (Phi) is 6.83. The highest BCUT2D eigenvalue weighted by Gasteiger charge is 2.28. The lowest BCUT2D eigenvalue weighted by atomic mass is 10.1. The molecule has 25 heavy (non-hydrogen) atoms. The molecule has 0 aromatic carbocycles. The van der Waals surface area contributed by atoms with E-state index in [-0.39, 0.29) is 11.5 Å². The van der Waals surface area contributed by atoms with E-state index in [1.165, 1.54) is 0 Å². The molecule has 1 aliphatic rings. The maximum atomic E-state index is 12.3. The Hall–Kier alpha value is -1.61. The molecule has 9 heteroatoms. The van der Waals surface area contributed by atoms with Gasteiger partial charge >= 0.3 is 6.18 Å². The molecule has 142 valence electrons. The lowest BCUT2D eigenvalue weighted by Gasteiger charge is -2.35. The molecule has 1 N–H and O–H groups in total. The first-order chi connectivity index (χ1) is 11.8. The van der Waals surface area contributed by atoms with E-state index in [4.69, 9.17) is 0 Å². The van der Waals surface area contributed by atoms with Gasteiger partial charge in [0.2, 0.25) is 0 Å². The number of piperazine rings is 1. The minimum Gasteiger partial charge on any atom is -0.352 e. The van der Waals surface area contributed by atoms with Crippen molar-refractivity contribution in [2.75, 3.05) is 45.8 Å². The van der Waals surface area contributed by atoms with Gasteiger partial charge in [-0.1, -0.05) is 13.8 Å². The van der Waals surface area contributed by atoms with Crippen LogP contribution in [0.5, 0.6) is 0 Å².